The lowest BCUT2D eigenvalue weighted by Crippen LogP contribution is -2.41. The van der Waals surface area contributed by atoms with E-state index < -0.39 is 6.10 Å². The minimum absolute atomic E-state index is 0.177. The predicted octanol–water partition coefficient (Wildman–Crippen LogP) is 1.80. The van der Waals surface area contributed by atoms with Crippen molar-refractivity contribution < 1.29 is 19.3 Å². The fraction of sp³-hybridized carbons (Fsp3) is 0.647. The number of benzene rings is 1. The van der Waals surface area contributed by atoms with Gasteiger partial charge >= 0.3 is 0 Å². The van der Waals surface area contributed by atoms with Crippen molar-refractivity contribution in [1.29, 1.82) is 0 Å². The molecule has 1 aromatic rings. The maximum absolute atomic E-state index is 13.4. The molecule has 1 aliphatic heterocycles. The summed E-state index contributed by atoms with van der Waals surface area (Å²) < 4.78 is 18.9. The molecule has 1 aromatic carbocycles. The van der Waals surface area contributed by atoms with Gasteiger partial charge in [-0.1, -0.05) is 18.2 Å². The molecule has 22 heavy (non-hydrogen) atoms. The first kappa shape index (κ1) is 17.3. The average Bonchev–Trinajstić information content (AvgIpc) is 2.50. The molecule has 5 heteroatoms. The van der Waals surface area contributed by atoms with Gasteiger partial charge in [0.15, 0.2) is 0 Å². The van der Waals surface area contributed by atoms with Crippen molar-refractivity contribution in [3.05, 3.63) is 35.6 Å². The van der Waals surface area contributed by atoms with Gasteiger partial charge in [-0.3, -0.25) is 0 Å². The second-order valence-corrected chi connectivity index (χ2v) is 6.04. The van der Waals surface area contributed by atoms with Crippen LogP contribution in [0.15, 0.2) is 24.3 Å². The molecule has 1 fully saturated rings. The average molecular weight is 311 g/mol. The number of aliphatic hydroxyl groups is 2. The highest BCUT2D eigenvalue weighted by Crippen LogP contribution is 2.19. The molecule has 0 unspecified atom stereocenters. The summed E-state index contributed by atoms with van der Waals surface area (Å²) in [6.07, 6.45) is 2.51. The zero-order valence-electron chi connectivity index (χ0n) is 13.0. The van der Waals surface area contributed by atoms with Crippen LogP contribution in [0.5, 0.6) is 0 Å². The first-order valence-electron chi connectivity index (χ1n) is 8.01. The molecular formula is C17H26FNO3. The molecule has 2 rings (SSSR count). The van der Waals surface area contributed by atoms with E-state index in [0.29, 0.717) is 18.0 Å². The molecule has 1 saturated heterocycles. The van der Waals surface area contributed by atoms with Crippen molar-refractivity contribution in [3.8, 4) is 0 Å². The fourth-order valence-electron chi connectivity index (χ4n) is 3.01. The molecule has 4 nitrogen and oxygen atoms in total. The Labute approximate surface area is 131 Å². The van der Waals surface area contributed by atoms with E-state index in [9.17, 15) is 9.50 Å². The highest BCUT2D eigenvalue weighted by Gasteiger charge is 2.21. The van der Waals surface area contributed by atoms with E-state index in [1.165, 1.54) is 6.07 Å². The quantitative estimate of drug-likeness (QED) is 0.769. The second-order valence-electron chi connectivity index (χ2n) is 6.04. The van der Waals surface area contributed by atoms with E-state index in [4.69, 9.17) is 9.84 Å². The number of aliphatic hydroxyl groups excluding tert-OH is 2. The third-order valence-corrected chi connectivity index (χ3v) is 4.14. The first-order valence-corrected chi connectivity index (χ1v) is 8.01. The Morgan fingerprint density at radius 3 is 2.95 bits per heavy atom. The lowest BCUT2D eigenvalue weighted by molar-refractivity contribution is 0.00136. The number of rotatable bonds is 8. The Balaban J connectivity index is 1.67. The van der Waals surface area contributed by atoms with Gasteiger partial charge < -0.3 is 19.8 Å². The number of hydrogen-bond donors (Lipinski definition) is 2. The molecule has 1 heterocycles. The SMILES string of the molecule is OCC[C@H]1CCCN(C[C@H](O)COCc2ccccc2F)C1. The molecule has 0 bridgehead atoms. The van der Waals surface area contributed by atoms with E-state index in [0.717, 1.165) is 32.4 Å². The Kier molecular flexibility index (Phi) is 7.25. The molecule has 0 amide bonds. The Morgan fingerprint density at radius 2 is 2.18 bits per heavy atom. The lowest BCUT2D eigenvalue weighted by atomic mass is 9.95. The molecule has 2 N–H and O–H groups in total. The zero-order chi connectivity index (χ0) is 15.8. The highest BCUT2D eigenvalue weighted by atomic mass is 19.1. The third-order valence-electron chi connectivity index (χ3n) is 4.14. The van der Waals surface area contributed by atoms with Crippen molar-refractivity contribution in [2.45, 2.75) is 32.0 Å². The monoisotopic (exact) mass is 311 g/mol. The van der Waals surface area contributed by atoms with Crippen LogP contribution in [-0.2, 0) is 11.3 Å². The predicted molar refractivity (Wildman–Crippen MR) is 82.9 cm³/mol. The van der Waals surface area contributed by atoms with Crippen molar-refractivity contribution in [2.75, 3.05) is 32.8 Å². The summed E-state index contributed by atoms with van der Waals surface area (Å²) >= 11 is 0. The van der Waals surface area contributed by atoms with Crippen LogP contribution in [0, 0.1) is 11.7 Å². The molecule has 0 aliphatic carbocycles. The summed E-state index contributed by atoms with van der Waals surface area (Å²) in [6, 6.07) is 6.51. The Hall–Kier alpha value is -1.01. The summed E-state index contributed by atoms with van der Waals surface area (Å²) in [6.45, 7) is 3.08. The van der Waals surface area contributed by atoms with Crippen molar-refractivity contribution in [1.82, 2.24) is 4.90 Å². The topological polar surface area (TPSA) is 52.9 Å². The molecule has 0 radical (unpaired) electrons. The zero-order valence-corrected chi connectivity index (χ0v) is 13.0. The van der Waals surface area contributed by atoms with E-state index in [1.54, 1.807) is 18.2 Å². The Morgan fingerprint density at radius 1 is 1.36 bits per heavy atom. The summed E-state index contributed by atoms with van der Waals surface area (Å²) in [4.78, 5) is 2.22. The van der Waals surface area contributed by atoms with Crippen LogP contribution in [0.4, 0.5) is 4.39 Å². The third kappa shape index (κ3) is 5.65. The molecular weight excluding hydrogens is 285 g/mol. The maximum atomic E-state index is 13.4. The second kappa shape index (κ2) is 9.20. The van der Waals surface area contributed by atoms with Crippen LogP contribution in [0.1, 0.15) is 24.8 Å². The summed E-state index contributed by atoms with van der Waals surface area (Å²) in [5, 5.41) is 19.1. The lowest BCUT2D eigenvalue weighted by Gasteiger charge is -2.33. The van der Waals surface area contributed by atoms with Gasteiger partial charge in [0, 0.05) is 25.3 Å². The van der Waals surface area contributed by atoms with Gasteiger partial charge in [-0.05, 0) is 37.8 Å². The summed E-state index contributed by atoms with van der Waals surface area (Å²) in [7, 11) is 0. The van der Waals surface area contributed by atoms with Crippen molar-refractivity contribution in [2.24, 2.45) is 5.92 Å². The largest absolute Gasteiger partial charge is 0.396 e. The number of nitrogens with zero attached hydrogens (tertiary/aromatic N) is 1. The normalized spacial score (nSPS) is 21.0. The molecule has 0 aromatic heterocycles. The van der Waals surface area contributed by atoms with E-state index in [-0.39, 0.29) is 25.6 Å². The van der Waals surface area contributed by atoms with Gasteiger partial charge in [0.25, 0.3) is 0 Å². The number of likely N-dealkylation sites (tertiary alicyclic amines) is 1. The minimum atomic E-state index is -0.570. The number of β-amino-alcohol motifs (C(OH)–C–C–N with tert-alkyl or cyclic N) is 1. The summed E-state index contributed by atoms with van der Waals surface area (Å²) in [5.41, 5.74) is 0.510. The first-order chi connectivity index (χ1) is 10.7. The van der Waals surface area contributed by atoms with Crippen molar-refractivity contribution in [3.63, 3.8) is 0 Å². The van der Waals surface area contributed by atoms with Crippen LogP contribution >= 0.6 is 0 Å². The van der Waals surface area contributed by atoms with Gasteiger partial charge in [-0.25, -0.2) is 4.39 Å². The minimum Gasteiger partial charge on any atom is -0.396 e. The fourth-order valence-corrected chi connectivity index (χ4v) is 3.01. The van der Waals surface area contributed by atoms with Crippen molar-refractivity contribution >= 4 is 0 Å². The van der Waals surface area contributed by atoms with Gasteiger partial charge in [0.05, 0.1) is 19.3 Å². The van der Waals surface area contributed by atoms with Gasteiger partial charge in [-0.2, -0.15) is 0 Å². The maximum Gasteiger partial charge on any atom is 0.128 e. The highest BCUT2D eigenvalue weighted by molar-refractivity contribution is 5.16. The molecule has 1 aliphatic rings. The smallest absolute Gasteiger partial charge is 0.128 e. The summed E-state index contributed by atoms with van der Waals surface area (Å²) in [5.74, 6) is 0.241. The van der Waals surface area contributed by atoms with Crippen LogP contribution in [-0.4, -0.2) is 54.1 Å². The number of hydrogen-bond acceptors (Lipinski definition) is 4. The van der Waals surface area contributed by atoms with Gasteiger partial charge in [0.1, 0.15) is 5.82 Å². The number of ether oxygens (including phenoxy) is 1. The van der Waals surface area contributed by atoms with E-state index >= 15 is 0 Å². The molecule has 0 spiro atoms. The van der Waals surface area contributed by atoms with Crippen LogP contribution in [0.2, 0.25) is 0 Å². The van der Waals surface area contributed by atoms with Crippen LogP contribution in [0.25, 0.3) is 0 Å². The molecule has 124 valence electrons. The number of halogens is 1. The number of piperidine rings is 1. The van der Waals surface area contributed by atoms with Gasteiger partial charge in [-0.15, -0.1) is 0 Å². The Bertz CT molecular complexity index is 442. The van der Waals surface area contributed by atoms with E-state index in [1.807, 2.05) is 0 Å². The standard InChI is InChI=1S/C17H26FNO3/c18-17-6-2-1-5-15(17)12-22-13-16(21)11-19-8-3-4-14(10-19)7-9-20/h1-2,5-6,14,16,20-21H,3-4,7-13H2/t14-,16+/m1/s1. The molecule has 2 atom stereocenters. The van der Waals surface area contributed by atoms with Crippen LogP contribution in [0.3, 0.4) is 0 Å². The molecule has 0 saturated carbocycles. The van der Waals surface area contributed by atoms with Gasteiger partial charge in [0.2, 0.25) is 0 Å². The van der Waals surface area contributed by atoms with E-state index in [2.05, 4.69) is 4.90 Å². The van der Waals surface area contributed by atoms with Crippen LogP contribution < -0.4 is 0 Å².